The largest absolute Gasteiger partial charge is 0.393 e. The van der Waals surface area contributed by atoms with Crippen LogP contribution in [-0.2, 0) is 29.1 Å². The highest BCUT2D eigenvalue weighted by atomic mass is 19.4. The molecule has 0 unspecified atom stereocenters. The van der Waals surface area contributed by atoms with E-state index >= 15 is 0 Å². The highest BCUT2D eigenvalue weighted by Crippen LogP contribution is 2.34. The van der Waals surface area contributed by atoms with E-state index in [2.05, 4.69) is 15.5 Å². The predicted molar refractivity (Wildman–Crippen MR) is 101 cm³/mol. The first-order chi connectivity index (χ1) is 14.2. The lowest BCUT2D eigenvalue weighted by Crippen LogP contribution is -2.35. The van der Waals surface area contributed by atoms with Gasteiger partial charge >= 0.3 is 6.18 Å². The molecule has 3 heterocycles. The first kappa shape index (κ1) is 20.4. The van der Waals surface area contributed by atoms with Crippen LogP contribution in [0.15, 0.2) is 24.3 Å². The summed E-state index contributed by atoms with van der Waals surface area (Å²) in [6.07, 6.45) is -3.99. The molecule has 4 rings (SSSR count). The summed E-state index contributed by atoms with van der Waals surface area (Å²) < 4.78 is 40.6. The fraction of sp³-hybridized carbons (Fsp3) is 0.500. The number of benzene rings is 1. The average molecular weight is 421 g/mol. The Morgan fingerprint density at radius 1 is 1.20 bits per heavy atom. The number of halogens is 3. The van der Waals surface area contributed by atoms with Crippen molar-refractivity contribution in [2.75, 3.05) is 11.4 Å². The Morgan fingerprint density at radius 2 is 1.93 bits per heavy atom. The molecular weight excluding hydrogens is 399 g/mol. The topological polar surface area (TPSA) is 80.1 Å². The minimum atomic E-state index is -4.27. The molecule has 160 valence electrons. The molecule has 0 radical (unpaired) electrons. The van der Waals surface area contributed by atoms with Gasteiger partial charge in [0.05, 0.1) is 18.4 Å². The van der Waals surface area contributed by atoms with Crippen LogP contribution in [0.25, 0.3) is 0 Å². The van der Waals surface area contributed by atoms with Crippen molar-refractivity contribution in [1.82, 2.24) is 20.1 Å². The van der Waals surface area contributed by atoms with Gasteiger partial charge in [-0.05, 0) is 25.5 Å². The van der Waals surface area contributed by atoms with Gasteiger partial charge in [0.2, 0.25) is 11.8 Å². The maximum Gasteiger partial charge on any atom is 0.393 e. The number of fused-ring (bicyclic) bond motifs is 1. The minimum absolute atomic E-state index is 0.00692. The normalized spacial score (nSPS) is 21.6. The van der Waals surface area contributed by atoms with E-state index in [0.29, 0.717) is 11.6 Å². The lowest BCUT2D eigenvalue weighted by atomic mass is 9.99. The van der Waals surface area contributed by atoms with Crippen molar-refractivity contribution < 1.29 is 22.8 Å². The maximum atomic E-state index is 13.1. The van der Waals surface area contributed by atoms with Gasteiger partial charge in [0.25, 0.3) is 0 Å². The van der Waals surface area contributed by atoms with E-state index in [-0.39, 0.29) is 50.7 Å². The molecule has 2 atom stereocenters. The zero-order valence-electron chi connectivity index (χ0n) is 16.4. The second kappa shape index (κ2) is 7.73. The third-order valence-electron chi connectivity index (χ3n) is 5.75. The van der Waals surface area contributed by atoms with E-state index in [4.69, 9.17) is 0 Å². The minimum Gasteiger partial charge on any atom is -0.348 e. The summed E-state index contributed by atoms with van der Waals surface area (Å²) in [5.74, 6) is -1.62. The SMILES string of the molecule is Cc1ccc(N2C[C@H](C(=O)NCc3nnc4n3C[C@H](C(F)(F)F)CC4)CC2=O)cc1. The number of amides is 2. The summed E-state index contributed by atoms with van der Waals surface area (Å²) in [5, 5.41) is 10.6. The van der Waals surface area contributed by atoms with Crippen LogP contribution in [0.3, 0.4) is 0 Å². The smallest absolute Gasteiger partial charge is 0.348 e. The van der Waals surface area contributed by atoms with Gasteiger partial charge in [-0.3, -0.25) is 9.59 Å². The monoisotopic (exact) mass is 421 g/mol. The van der Waals surface area contributed by atoms with E-state index < -0.39 is 18.0 Å². The third kappa shape index (κ3) is 4.03. The Bertz CT molecular complexity index is 954. The number of carbonyl (C=O) groups is 2. The molecule has 2 aliphatic heterocycles. The van der Waals surface area contributed by atoms with Gasteiger partial charge in [-0.25, -0.2) is 0 Å². The molecule has 1 aromatic heterocycles. The van der Waals surface area contributed by atoms with Crippen LogP contribution in [0, 0.1) is 18.8 Å². The van der Waals surface area contributed by atoms with Gasteiger partial charge < -0.3 is 14.8 Å². The van der Waals surface area contributed by atoms with Gasteiger partial charge in [0.1, 0.15) is 5.82 Å². The van der Waals surface area contributed by atoms with Crippen molar-refractivity contribution in [1.29, 1.82) is 0 Å². The molecule has 7 nitrogen and oxygen atoms in total. The predicted octanol–water partition coefficient (Wildman–Crippen LogP) is 2.38. The number of carbonyl (C=O) groups excluding carboxylic acids is 2. The summed E-state index contributed by atoms with van der Waals surface area (Å²) in [6.45, 7) is 1.96. The number of aryl methyl sites for hydroxylation is 2. The summed E-state index contributed by atoms with van der Waals surface area (Å²) in [6, 6.07) is 7.48. The van der Waals surface area contributed by atoms with Crippen LogP contribution in [0.5, 0.6) is 0 Å². The first-order valence-electron chi connectivity index (χ1n) is 9.85. The summed E-state index contributed by atoms with van der Waals surface area (Å²) in [5.41, 5.74) is 1.81. The molecule has 30 heavy (non-hydrogen) atoms. The van der Waals surface area contributed by atoms with Gasteiger partial charge in [-0.2, -0.15) is 13.2 Å². The standard InChI is InChI=1S/C20H22F3N5O2/c1-12-2-5-15(6-3-12)27-10-13(8-18(27)29)19(30)24-9-17-26-25-16-7-4-14(11-28(16)17)20(21,22)23/h2-3,5-6,13-14H,4,7-11H2,1H3,(H,24,30)/t13-,14-/m1/s1. The number of hydrogen-bond acceptors (Lipinski definition) is 4. The highest BCUT2D eigenvalue weighted by Gasteiger charge is 2.42. The molecule has 1 N–H and O–H groups in total. The molecule has 2 aromatic rings. The summed E-state index contributed by atoms with van der Waals surface area (Å²) in [7, 11) is 0. The number of rotatable bonds is 4. The number of nitrogens with one attached hydrogen (secondary N) is 1. The second-order valence-electron chi connectivity index (χ2n) is 7.88. The molecule has 0 bridgehead atoms. The van der Waals surface area contributed by atoms with Crippen molar-refractivity contribution in [2.24, 2.45) is 11.8 Å². The Morgan fingerprint density at radius 3 is 2.63 bits per heavy atom. The lowest BCUT2D eigenvalue weighted by Gasteiger charge is -2.26. The number of alkyl halides is 3. The van der Waals surface area contributed by atoms with Crippen molar-refractivity contribution in [3.63, 3.8) is 0 Å². The number of aromatic nitrogens is 3. The van der Waals surface area contributed by atoms with Crippen LogP contribution in [0.4, 0.5) is 18.9 Å². The van der Waals surface area contributed by atoms with Crippen LogP contribution >= 0.6 is 0 Å². The lowest BCUT2D eigenvalue weighted by molar-refractivity contribution is -0.182. The van der Waals surface area contributed by atoms with Crippen LogP contribution in [0.2, 0.25) is 0 Å². The average Bonchev–Trinajstić information content (AvgIpc) is 3.29. The second-order valence-corrected chi connectivity index (χ2v) is 7.88. The molecule has 2 aliphatic rings. The van der Waals surface area contributed by atoms with Crippen molar-refractivity contribution >= 4 is 17.5 Å². The zero-order chi connectivity index (χ0) is 21.5. The molecule has 1 saturated heterocycles. The van der Waals surface area contributed by atoms with E-state index in [1.807, 2.05) is 31.2 Å². The van der Waals surface area contributed by atoms with E-state index in [9.17, 15) is 22.8 Å². The molecule has 2 amide bonds. The molecule has 0 aliphatic carbocycles. The molecule has 0 saturated carbocycles. The summed E-state index contributed by atoms with van der Waals surface area (Å²) in [4.78, 5) is 26.5. The van der Waals surface area contributed by atoms with E-state index in [1.165, 1.54) is 4.57 Å². The van der Waals surface area contributed by atoms with Crippen LogP contribution < -0.4 is 10.2 Å². The maximum absolute atomic E-state index is 13.1. The van der Waals surface area contributed by atoms with Gasteiger partial charge in [0.15, 0.2) is 5.82 Å². The summed E-state index contributed by atoms with van der Waals surface area (Å²) >= 11 is 0. The van der Waals surface area contributed by atoms with Crippen molar-refractivity contribution in [3.8, 4) is 0 Å². The number of nitrogens with zero attached hydrogens (tertiary/aromatic N) is 4. The Hall–Kier alpha value is -2.91. The molecule has 1 fully saturated rings. The number of anilines is 1. The van der Waals surface area contributed by atoms with Crippen molar-refractivity contribution in [3.05, 3.63) is 41.5 Å². The van der Waals surface area contributed by atoms with Crippen LogP contribution in [0.1, 0.15) is 30.1 Å². The quantitative estimate of drug-likeness (QED) is 0.822. The Balaban J connectivity index is 1.38. The van der Waals surface area contributed by atoms with E-state index in [1.54, 1.807) is 4.90 Å². The van der Waals surface area contributed by atoms with Crippen molar-refractivity contribution in [2.45, 2.75) is 45.5 Å². The first-order valence-corrected chi connectivity index (χ1v) is 9.85. The van der Waals surface area contributed by atoms with E-state index in [0.717, 1.165) is 11.3 Å². The number of hydrogen-bond donors (Lipinski definition) is 1. The molecule has 0 spiro atoms. The molecule has 1 aromatic carbocycles. The van der Waals surface area contributed by atoms with Gasteiger partial charge in [0, 0.05) is 31.6 Å². The van der Waals surface area contributed by atoms with Crippen LogP contribution in [-0.4, -0.2) is 39.3 Å². The zero-order valence-corrected chi connectivity index (χ0v) is 16.4. The molecular formula is C20H22F3N5O2. The Kier molecular flexibility index (Phi) is 5.25. The highest BCUT2D eigenvalue weighted by molar-refractivity contribution is 6.00. The molecule has 10 heteroatoms. The van der Waals surface area contributed by atoms with Gasteiger partial charge in [-0.1, -0.05) is 17.7 Å². The fourth-order valence-electron chi connectivity index (χ4n) is 3.95. The Labute approximate surface area is 171 Å². The fourth-order valence-corrected chi connectivity index (χ4v) is 3.95. The van der Waals surface area contributed by atoms with Gasteiger partial charge in [-0.15, -0.1) is 10.2 Å². The third-order valence-corrected chi connectivity index (χ3v) is 5.75.